The minimum Gasteiger partial charge on any atom is -0.480 e. The van der Waals surface area contributed by atoms with Crippen LogP contribution in [0.25, 0.3) is 0 Å². The van der Waals surface area contributed by atoms with Gasteiger partial charge in [0.25, 0.3) is 0 Å². The van der Waals surface area contributed by atoms with E-state index in [0.29, 0.717) is 17.7 Å². The zero-order chi connectivity index (χ0) is 13.4. The monoisotopic (exact) mass is 261 g/mol. The highest BCUT2D eigenvalue weighted by atomic mass is 19.1. The summed E-state index contributed by atoms with van der Waals surface area (Å²) in [6.07, 6.45) is 1.82. The molecule has 0 spiro atoms. The van der Waals surface area contributed by atoms with E-state index in [1.165, 1.54) is 12.4 Å². The van der Waals surface area contributed by atoms with Crippen LogP contribution in [0.1, 0.15) is 23.0 Å². The summed E-state index contributed by atoms with van der Waals surface area (Å²) in [6.45, 7) is 0. The number of carbonyl (C=O) groups is 1. The molecule has 0 bridgehead atoms. The zero-order valence-corrected chi connectivity index (χ0v) is 9.93. The Labute approximate surface area is 108 Å². The van der Waals surface area contributed by atoms with Gasteiger partial charge in [-0.05, 0) is 6.07 Å². The molecule has 2 heterocycles. The lowest BCUT2D eigenvalue weighted by Crippen LogP contribution is -2.45. The molecular weight excluding hydrogens is 249 g/mol. The summed E-state index contributed by atoms with van der Waals surface area (Å²) in [4.78, 5) is 18.3. The lowest BCUT2D eigenvalue weighted by Gasteiger charge is -2.28. The van der Waals surface area contributed by atoms with Crippen LogP contribution in [0.3, 0.4) is 0 Å². The third kappa shape index (κ3) is 2.00. The summed E-state index contributed by atoms with van der Waals surface area (Å²) in [7, 11) is 0. The molecule has 3 N–H and O–H groups in total. The highest BCUT2D eigenvalue weighted by molar-refractivity contribution is 5.74. The lowest BCUT2D eigenvalue weighted by atomic mass is 9.94. The third-order valence-corrected chi connectivity index (χ3v) is 3.32. The van der Waals surface area contributed by atoms with Crippen LogP contribution >= 0.6 is 0 Å². The van der Waals surface area contributed by atoms with Crippen molar-refractivity contribution in [3.05, 3.63) is 53.4 Å². The molecule has 2 aromatic rings. The topological polar surface area (TPSA) is 78.0 Å². The average molecular weight is 261 g/mol. The molecule has 0 amide bonds. The van der Waals surface area contributed by atoms with E-state index < -0.39 is 18.1 Å². The Morgan fingerprint density at radius 3 is 2.95 bits per heavy atom. The minimum absolute atomic E-state index is 0.315. The number of imidazole rings is 1. The van der Waals surface area contributed by atoms with E-state index in [4.69, 9.17) is 5.11 Å². The van der Waals surface area contributed by atoms with E-state index in [2.05, 4.69) is 15.3 Å². The van der Waals surface area contributed by atoms with Crippen molar-refractivity contribution in [2.45, 2.75) is 18.5 Å². The van der Waals surface area contributed by atoms with Crippen LogP contribution < -0.4 is 5.32 Å². The smallest absolute Gasteiger partial charge is 0.321 e. The van der Waals surface area contributed by atoms with Crippen LogP contribution in [0.4, 0.5) is 4.39 Å². The first kappa shape index (κ1) is 11.9. The maximum atomic E-state index is 13.9. The summed E-state index contributed by atoms with van der Waals surface area (Å²) in [5.41, 5.74) is 1.80. The highest BCUT2D eigenvalue weighted by Crippen LogP contribution is 2.29. The molecule has 0 aliphatic carbocycles. The van der Waals surface area contributed by atoms with E-state index in [-0.39, 0.29) is 5.82 Å². The number of aromatic amines is 1. The fourth-order valence-corrected chi connectivity index (χ4v) is 2.39. The Balaban J connectivity index is 2.06. The van der Waals surface area contributed by atoms with Gasteiger partial charge in [0, 0.05) is 17.7 Å². The number of halogens is 1. The number of rotatable bonds is 2. The molecule has 0 saturated heterocycles. The number of aromatic nitrogens is 2. The fourth-order valence-electron chi connectivity index (χ4n) is 2.39. The summed E-state index contributed by atoms with van der Waals surface area (Å²) < 4.78 is 13.9. The number of hydrogen-bond acceptors (Lipinski definition) is 3. The molecule has 6 heteroatoms. The first-order valence-electron chi connectivity index (χ1n) is 5.92. The molecule has 0 unspecified atom stereocenters. The summed E-state index contributed by atoms with van der Waals surface area (Å²) in [5, 5.41) is 12.1. The van der Waals surface area contributed by atoms with Gasteiger partial charge in [0.15, 0.2) is 0 Å². The van der Waals surface area contributed by atoms with Crippen LogP contribution in [0.15, 0.2) is 30.6 Å². The standard InChI is InChI=1S/C13H12FN3O2/c14-8-4-2-1-3-7(8)11-12-9(15-6-16-12)5-10(17-11)13(18)19/h1-4,6,10-11,17H,5H2,(H,15,16)(H,18,19)/t10-,11+/m1/s1. The van der Waals surface area contributed by atoms with Gasteiger partial charge < -0.3 is 10.1 Å². The van der Waals surface area contributed by atoms with Crippen molar-refractivity contribution >= 4 is 5.97 Å². The Morgan fingerprint density at radius 1 is 1.42 bits per heavy atom. The number of aliphatic carboxylic acids is 1. The van der Waals surface area contributed by atoms with Gasteiger partial charge in [-0.3, -0.25) is 10.1 Å². The molecule has 5 nitrogen and oxygen atoms in total. The SMILES string of the molecule is O=C(O)[C@H]1Cc2[nH]cnc2[C@H](c2ccccc2F)N1. The van der Waals surface area contributed by atoms with Crippen LogP contribution in [-0.2, 0) is 11.2 Å². The maximum absolute atomic E-state index is 13.9. The summed E-state index contributed by atoms with van der Waals surface area (Å²) >= 11 is 0. The van der Waals surface area contributed by atoms with Crippen molar-refractivity contribution < 1.29 is 14.3 Å². The molecule has 1 aromatic carbocycles. The first-order chi connectivity index (χ1) is 9.16. The molecule has 98 valence electrons. The van der Waals surface area contributed by atoms with Gasteiger partial charge in [0.1, 0.15) is 11.9 Å². The van der Waals surface area contributed by atoms with Gasteiger partial charge >= 0.3 is 5.97 Å². The van der Waals surface area contributed by atoms with Crippen LogP contribution in [-0.4, -0.2) is 27.1 Å². The molecule has 1 aliphatic heterocycles. The van der Waals surface area contributed by atoms with E-state index in [9.17, 15) is 9.18 Å². The van der Waals surface area contributed by atoms with E-state index in [0.717, 1.165) is 5.69 Å². The van der Waals surface area contributed by atoms with Crippen molar-refractivity contribution in [3.8, 4) is 0 Å². The van der Waals surface area contributed by atoms with Crippen molar-refractivity contribution in [3.63, 3.8) is 0 Å². The number of H-pyrrole nitrogens is 1. The van der Waals surface area contributed by atoms with Crippen molar-refractivity contribution in [1.82, 2.24) is 15.3 Å². The molecule has 3 rings (SSSR count). The van der Waals surface area contributed by atoms with Crippen LogP contribution in [0.5, 0.6) is 0 Å². The molecule has 2 atom stereocenters. The number of hydrogen-bond donors (Lipinski definition) is 3. The van der Waals surface area contributed by atoms with Crippen LogP contribution in [0.2, 0.25) is 0 Å². The first-order valence-corrected chi connectivity index (χ1v) is 5.92. The predicted molar refractivity (Wildman–Crippen MR) is 65.1 cm³/mol. The zero-order valence-electron chi connectivity index (χ0n) is 9.93. The number of fused-ring (bicyclic) bond motifs is 1. The van der Waals surface area contributed by atoms with E-state index in [1.807, 2.05) is 0 Å². The second-order valence-corrected chi connectivity index (χ2v) is 4.48. The van der Waals surface area contributed by atoms with Gasteiger partial charge in [-0.2, -0.15) is 0 Å². The Morgan fingerprint density at radius 2 is 2.21 bits per heavy atom. The predicted octanol–water partition coefficient (Wildman–Crippen LogP) is 1.24. The number of nitrogens with zero attached hydrogens (tertiary/aromatic N) is 1. The average Bonchev–Trinajstić information content (AvgIpc) is 2.86. The molecule has 0 fully saturated rings. The molecular formula is C13H12FN3O2. The lowest BCUT2D eigenvalue weighted by molar-refractivity contribution is -0.139. The number of carboxylic acid groups (broad SMARTS) is 1. The Kier molecular flexibility index (Phi) is 2.79. The number of benzene rings is 1. The molecule has 1 aromatic heterocycles. The minimum atomic E-state index is -0.957. The summed E-state index contributed by atoms with van der Waals surface area (Å²) in [5.74, 6) is -1.33. The van der Waals surface area contributed by atoms with Gasteiger partial charge in [-0.15, -0.1) is 0 Å². The van der Waals surface area contributed by atoms with Gasteiger partial charge in [0.05, 0.1) is 18.1 Å². The van der Waals surface area contributed by atoms with Crippen molar-refractivity contribution in [1.29, 1.82) is 0 Å². The van der Waals surface area contributed by atoms with Crippen molar-refractivity contribution in [2.75, 3.05) is 0 Å². The fraction of sp³-hybridized carbons (Fsp3) is 0.231. The van der Waals surface area contributed by atoms with Gasteiger partial charge in [0.2, 0.25) is 0 Å². The van der Waals surface area contributed by atoms with E-state index >= 15 is 0 Å². The van der Waals surface area contributed by atoms with Crippen LogP contribution in [0, 0.1) is 5.82 Å². The van der Waals surface area contributed by atoms with Gasteiger partial charge in [-0.25, -0.2) is 9.37 Å². The second kappa shape index (κ2) is 4.47. The molecule has 0 saturated carbocycles. The highest BCUT2D eigenvalue weighted by Gasteiger charge is 2.34. The number of carboxylic acids is 1. The molecule has 19 heavy (non-hydrogen) atoms. The Hall–Kier alpha value is -2.21. The summed E-state index contributed by atoms with van der Waals surface area (Å²) in [6, 6.07) is 5.01. The van der Waals surface area contributed by atoms with Crippen molar-refractivity contribution in [2.24, 2.45) is 0 Å². The quantitative estimate of drug-likeness (QED) is 0.760. The second-order valence-electron chi connectivity index (χ2n) is 4.48. The third-order valence-electron chi connectivity index (χ3n) is 3.32. The largest absolute Gasteiger partial charge is 0.480 e. The normalized spacial score (nSPS) is 21.9. The molecule has 1 aliphatic rings. The molecule has 0 radical (unpaired) electrons. The van der Waals surface area contributed by atoms with E-state index in [1.54, 1.807) is 18.2 Å². The van der Waals surface area contributed by atoms with Gasteiger partial charge in [-0.1, -0.05) is 18.2 Å². The Bertz CT molecular complexity index is 626. The maximum Gasteiger partial charge on any atom is 0.321 e. The number of nitrogens with one attached hydrogen (secondary N) is 2.